The number of esters is 1. The molecule has 27 heavy (non-hydrogen) atoms. The molecular weight excluding hydrogens is 390 g/mol. The smallest absolute Gasteiger partial charge is 0.341 e. The Morgan fingerprint density at radius 2 is 2.00 bits per heavy atom. The molecule has 2 heterocycles. The first kappa shape index (κ1) is 18.7. The topological polar surface area (TPSA) is 111 Å². The van der Waals surface area contributed by atoms with Gasteiger partial charge in [-0.05, 0) is 24.6 Å². The van der Waals surface area contributed by atoms with Crippen molar-refractivity contribution in [1.29, 1.82) is 0 Å². The zero-order valence-corrected chi connectivity index (χ0v) is 15.6. The molecule has 0 radical (unpaired) electrons. The zero-order chi connectivity index (χ0) is 19.4. The van der Waals surface area contributed by atoms with E-state index in [0.29, 0.717) is 16.1 Å². The average molecular weight is 403 g/mol. The lowest BCUT2D eigenvalue weighted by atomic mass is 10.0. The zero-order valence-electron chi connectivity index (χ0n) is 14.0. The summed E-state index contributed by atoms with van der Waals surface area (Å²) in [5.41, 5.74) is 3.08. The molecule has 138 valence electrons. The maximum absolute atomic E-state index is 12.5. The summed E-state index contributed by atoms with van der Waals surface area (Å²) < 4.78 is 5.12. The minimum Gasteiger partial charge on any atom is -0.462 e. The Balaban J connectivity index is 1.98. The lowest BCUT2D eigenvalue weighted by Gasteiger charge is -2.08. The van der Waals surface area contributed by atoms with Gasteiger partial charge in [0.25, 0.3) is 11.6 Å². The number of thiazole rings is 1. The molecule has 0 fully saturated rings. The first-order valence-corrected chi connectivity index (χ1v) is 9.56. The highest BCUT2D eigenvalue weighted by Crippen LogP contribution is 2.37. The first-order valence-electron chi connectivity index (χ1n) is 7.74. The third kappa shape index (κ3) is 4.01. The van der Waals surface area contributed by atoms with Crippen molar-refractivity contribution in [3.63, 3.8) is 0 Å². The van der Waals surface area contributed by atoms with Gasteiger partial charge in [-0.2, -0.15) is 0 Å². The van der Waals surface area contributed by atoms with E-state index in [2.05, 4.69) is 10.3 Å². The van der Waals surface area contributed by atoms with E-state index in [1.54, 1.807) is 29.8 Å². The Morgan fingerprint density at radius 1 is 1.26 bits per heavy atom. The van der Waals surface area contributed by atoms with Crippen LogP contribution in [0.1, 0.15) is 27.8 Å². The van der Waals surface area contributed by atoms with Crippen molar-refractivity contribution in [3.05, 3.63) is 61.9 Å². The van der Waals surface area contributed by atoms with Gasteiger partial charge < -0.3 is 10.1 Å². The highest BCUT2D eigenvalue weighted by Gasteiger charge is 2.23. The van der Waals surface area contributed by atoms with Crippen LogP contribution < -0.4 is 5.32 Å². The molecule has 0 saturated heterocycles. The first-order chi connectivity index (χ1) is 13.0. The average Bonchev–Trinajstić information content (AvgIpc) is 3.32. The number of nitrogens with one attached hydrogen (secondary N) is 1. The monoisotopic (exact) mass is 403 g/mol. The van der Waals surface area contributed by atoms with Crippen LogP contribution in [0, 0.1) is 10.1 Å². The molecule has 0 atom stereocenters. The van der Waals surface area contributed by atoms with E-state index < -0.39 is 16.8 Å². The molecular formula is C17H13N3O5S2. The van der Waals surface area contributed by atoms with Gasteiger partial charge in [0.1, 0.15) is 16.3 Å². The predicted molar refractivity (Wildman–Crippen MR) is 102 cm³/mol. The molecule has 0 saturated carbocycles. The van der Waals surface area contributed by atoms with Gasteiger partial charge in [0.15, 0.2) is 0 Å². The van der Waals surface area contributed by atoms with Crippen LogP contribution in [0.5, 0.6) is 0 Å². The van der Waals surface area contributed by atoms with Crippen molar-refractivity contribution in [2.75, 3.05) is 11.9 Å². The number of thiophene rings is 1. The fourth-order valence-corrected chi connectivity index (χ4v) is 3.81. The molecule has 2 aromatic heterocycles. The minimum atomic E-state index is -0.583. The van der Waals surface area contributed by atoms with Crippen LogP contribution in [0.4, 0.5) is 10.7 Å². The van der Waals surface area contributed by atoms with Crippen LogP contribution in [0.25, 0.3) is 11.1 Å². The van der Waals surface area contributed by atoms with Crippen molar-refractivity contribution < 1.29 is 19.2 Å². The van der Waals surface area contributed by atoms with Crippen molar-refractivity contribution in [2.24, 2.45) is 0 Å². The number of carbonyl (C=O) groups is 2. The van der Waals surface area contributed by atoms with Crippen LogP contribution in [0.2, 0.25) is 0 Å². The number of ether oxygens (including phenoxy) is 1. The van der Waals surface area contributed by atoms with Crippen LogP contribution >= 0.6 is 22.7 Å². The maximum atomic E-state index is 12.5. The molecule has 0 aliphatic heterocycles. The summed E-state index contributed by atoms with van der Waals surface area (Å²) in [5.74, 6) is -1.01. The summed E-state index contributed by atoms with van der Waals surface area (Å²) in [6.45, 7) is 1.86. The number of non-ortho nitro benzene ring substituents is 1. The van der Waals surface area contributed by atoms with Crippen LogP contribution in [-0.4, -0.2) is 28.4 Å². The molecule has 10 heteroatoms. The Kier molecular flexibility index (Phi) is 5.57. The molecule has 3 aromatic rings. The fourth-order valence-electron chi connectivity index (χ4n) is 2.32. The molecule has 0 aliphatic rings. The molecule has 1 aromatic carbocycles. The van der Waals surface area contributed by atoms with E-state index in [1.165, 1.54) is 40.3 Å². The van der Waals surface area contributed by atoms with Gasteiger partial charge in [0.05, 0.1) is 17.0 Å². The molecule has 0 bridgehead atoms. The van der Waals surface area contributed by atoms with Gasteiger partial charge in [0, 0.05) is 28.5 Å². The third-order valence-corrected chi connectivity index (χ3v) is 5.03. The summed E-state index contributed by atoms with van der Waals surface area (Å²) in [4.78, 5) is 39.0. The van der Waals surface area contributed by atoms with Gasteiger partial charge in [-0.1, -0.05) is 0 Å². The minimum absolute atomic E-state index is 0.0521. The van der Waals surface area contributed by atoms with E-state index in [4.69, 9.17) is 4.74 Å². The molecule has 8 nitrogen and oxygen atoms in total. The number of hydrogen-bond donors (Lipinski definition) is 1. The lowest BCUT2D eigenvalue weighted by molar-refractivity contribution is -0.384. The number of rotatable bonds is 6. The van der Waals surface area contributed by atoms with E-state index in [-0.39, 0.29) is 23.6 Å². The molecule has 0 unspecified atom stereocenters. The normalized spacial score (nSPS) is 10.4. The summed E-state index contributed by atoms with van der Waals surface area (Å²) in [6.07, 6.45) is 0. The van der Waals surface area contributed by atoms with Crippen LogP contribution in [-0.2, 0) is 4.74 Å². The number of anilines is 1. The SMILES string of the molecule is CCOC(=O)c1c(-c2ccc([N+](=O)[O-])cc2)csc1NC(=O)c1cscn1. The molecule has 1 amide bonds. The van der Waals surface area contributed by atoms with Crippen molar-refractivity contribution in [2.45, 2.75) is 6.92 Å². The third-order valence-electron chi connectivity index (χ3n) is 3.55. The molecule has 3 rings (SSSR count). The molecule has 0 spiro atoms. The highest BCUT2D eigenvalue weighted by molar-refractivity contribution is 7.15. The predicted octanol–water partition coefficient (Wildman–Crippen LogP) is 4.21. The molecule has 1 N–H and O–H groups in total. The number of benzene rings is 1. The van der Waals surface area contributed by atoms with Gasteiger partial charge in [-0.3, -0.25) is 14.9 Å². The second kappa shape index (κ2) is 8.06. The number of nitro groups is 1. The number of carbonyl (C=O) groups excluding carboxylic acids is 2. The highest BCUT2D eigenvalue weighted by atomic mass is 32.1. The number of hydrogen-bond acceptors (Lipinski definition) is 8. The van der Waals surface area contributed by atoms with Gasteiger partial charge in [0.2, 0.25) is 0 Å². The lowest BCUT2D eigenvalue weighted by Crippen LogP contribution is -2.15. The van der Waals surface area contributed by atoms with E-state index in [1.807, 2.05) is 0 Å². The van der Waals surface area contributed by atoms with E-state index in [9.17, 15) is 19.7 Å². The second-order valence-corrected chi connectivity index (χ2v) is 6.80. The number of aromatic nitrogens is 1. The van der Waals surface area contributed by atoms with E-state index >= 15 is 0 Å². The largest absolute Gasteiger partial charge is 0.462 e. The summed E-state index contributed by atoms with van der Waals surface area (Å²) >= 11 is 2.46. The summed E-state index contributed by atoms with van der Waals surface area (Å²) in [7, 11) is 0. The van der Waals surface area contributed by atoms with E-state index in [0.717, 1.165) is 0 Å². The summed E-state index contributed by atoms with van der Waals surface area (Å²) in [5, 5.41) is 17.1. The standard InChI is InChI=1S/C17H13N3O5S2/c1-2-25-17(22)14-12(10-3-5-11(6-4-10)20(23)24)7-27-16(14)19-15(21)13-8-26-9-18-13/h3-9H,2H2,1H3,(H,19,21). The number of amides is 1. The second-order valence-electron chi connectivity index (χ2n) is 5.21. The molecule has 0 aliphatic carbocycles. The Morgan fingerprint density at radius 3 is 2.59 bits per heavy atom. The summed E-state index contributed by atoms with van der Waals surface area (Å²) in [6, 6.07) is 5.81. The Hall–Kier alpha value is -3.11. The Bertz CT molecular complexity index is 981. The van der Waals surface area contributed by atoms with Crippen LogP contribution in [0.3, 0.4) is 0 Å². The fraction of sp³-hybridized carbons (Fsp3) is 0.118. The Labute approximate surface area is 161 Å². The maximum Gasteiger partial charge on any atom is 0.341 e. The van der Waals surface area contributed by atoms with Crippen molar-refractivity contribution in [1.82, 2.24) is 4.98 Å². The van der Waals surface area contributed by atoms with Crippen LogP contribution in [0.15, 0.2) is 40.5 Å². The van der Waals surface area contributed by atoms with Crippen molar-refractivity contribution >= 4 is 45.2 Å². The quantitative estimate of drug-likeness (QED) is 0.375. The van der Waals surface area contributed by atoms with Crippen molar-refractivity contribution in [3.8, 4) is 11.1 Å². The number of nitrogens with zero attached hydrogens (tertiary/aromatic N) is 2. The number of nitro benzene ring substituents is 1. The van der Waals surface area contributed by atoms with Gasteiger partial charge in [-0.15, -0.1) is 22.7 Å². The van der Waals surface area contributed by atoms with Gasteiger partial charge >= 0.3 is 5.97 Å². The van der Waals surface area contributed by atoms with Gasteiger partial charge in [-0.25, -0.2) is 9.78 Å².